The van der Waals surface area contributed by atoms with E-state index in [9.17, 15) is 4.79 Å². The molecule has 0 fully saturated rings. The lowest BCUT2D eigenvalue weighted by Crippen LogP contribution is -2.04. The van der Waals surface area contributed by atoms with Gasteiger partial charge >= 0.3 is 0 Å². The number of Topliss-reactive ketones (excluding diaryl/α,β-unsaturated/α-hetero) is 1. The van der Waals surface area contributed by atoms with Crippen LogP contribution in [0.3, 0.4) is 0 Å². The molecule has 0 saturated heterocycles. The van der Waals surface area contributed by atoms with E-state index in [4.69, 9.17) is 16.3 Å². The first-order valence-electron chi connectivity index (χ1n) is 6.74. The molecule has 0 atom stereocenters. The van der Waals surface area contributed by atoms with Gasteiger partial charge in [0.1, 0.15) is 5.75 Å². The van der Waals surface area contributed by atoms with Crippen LogP contribution in [0.1, 0.15) is 28.8 Å². The van der Waals surface area contributed by atoms with Crippen molar-refractivity contribution in [1.82, 2.24) is 0 Å². The Balaban J connectivity index is 1.77. The number of rotatable bonds is 6. The highest BCUT2D eigenvalue weighted by atomic mass is 79.9. The number of aryl methyl sites for hydroxylation is 1. The van der Waals surface area contributed by atoms with E-state index in [2.05, 4.69) is 15.9 Å². The molecule has 0 aliphatic carbocycles. The van der Waals surface area contributed by atoms with E-state index in [1.165, 1.54) is 0 Å². The molecule has 4 heteroatoms. The molecule has 0 aliphatic rings. The molecule has 110 valence electrons. The number of hydrogen-bond donors (Lipinski definition) is 0. The molecule has 0 radical (unpaired) electrons. The van der Waals surface area contributed by atoms with Crippen LogP contribution in [0.25, 0.3) is 0 Å². The van der Waals surface area contributed by atoms with Gasteiger partial charge in [-0.25, -0.2) is 0 Å². The summed E-state index contributed by atoms with van der Waals surface area (Å²) in [5.74, 6) is 0.923. The van der Waals surface area contributed by atoms with Crippen molar-refractivity contribution in [3.63, 3.8) is 0 Å². The number of benzene rings is 2. The van der Waals surface area contributed by atoms with Gasteiger partial charge in [-0.15, -0.1) is 0 Å². The van der Waals surface area contributed by atoms with Gasteiger partial charge in [-0.1, -0.05) is 39.7 Å². The number of carbonyl (C=O) groups excluding carboxylic acids is 1. The topological polar surface area (TPSA) is 26.3 Å². The Hall–Kier alpha value is -1.32. The monoisotopic (exact) mass is 366 g/mol. The van der Waals surface area contributed by atoms with Gasteiger partial charge in [0, 0.05) is 21.5 Å². The number of hydrogen-bond acceptors (Lipinski definition) is 2. The van der Waals surface area contributed by atoms with Crippen LogP contribution in [-0.2, 0) is 0 Å². The second-order valence-corrected chi connectivity index (χ2v) is 6.12. The average Bonchev–Trinajstić information content (AvgIpc) is 2.47. The van der Waals surface area contributed by atoms with Crippen molar-refractivity contribution >= 4 is 33.3 Å². The van der Waals surface area contributed by atoms with Crippen molar-refractivity contribution in [2.45, 2.75) is 19.8 Å². The number of halogens is 2. The largest absolute Gasteiger partial charge is 0.494 e. The molecule has 0 N–H and O–H groups in total. The predicted octanol–water partition coefficient (Wildman–Crippen LogP) is 5.45. The zero-order valence-corrected chi connectivity index (χ0v) is 14.1. The Labute approximate surface area is 138 Å². The molecule has 21 heavy (non-hydrogen) atoms. The molecule has 0 bridgehead atoms. The molecule has 0 amide bonds. The summed E-state index contributed by atoms with van der Waals surface area (Å²) in [7, 11) is 0. The van der Waals surface area contributed by atoms with Crippen molar-refractivity contribution in [1.29, 1.82) is 0 Å². The van der Waals surface area contributed by atoms with E-state index in [1.54, 1.807) is 0 Å². The van der Waals surface area contributed by atoms with Gasteiger partial charge in [-0.2, -0.15) is 0 Å². The standard InChI is InChI=1S/C17H16BrClO2/c1-12-11-15(8-9-16(12)19)21-10-2-3-17(20)13-4-6-14(18)7-5-13/h4-9,11H,2-3,10H2,1H3. The van der Waals surface area contributed by atoms with Crippen LogP contribution in [0.5, 0.6) is 5.75 Å². The van der Waals surface area contributed by atoms with E-state index >= 15 is 0 Å². The van der Waals surface area contributed by atoms with Crippen LogP contribution in [0.2, 0.25) is 5.02 Å². The molecular weight excluding hydrogens is 352 g/mol. The second kappa shape index (κ2) is 7.62. The van der Waals surface area contributed by atoms with Crippen LogP contribution in [0.15, 0.2) is 46.9 Å². The van der Waals surface area contributed by atoms with Gasteiger partial charge in [-0.05, 0) is 49.2 Å². The van der Waals surface area contributed by atoms with Gasteiger partial charge in [0.2, 0.25) is 0 Å². The highest BCUT2D eigenvalue weighted by molar-refractivity contribution is 9.10. The summed E-state index contributed by atoms with van der Waals surface area (Å²) in [4.78, 5) is 12.0. The Morgan fingerprint density at radius 3 is 2.57 bits per heavy atom. The van der Waals surface area contributed by atoms with Gasteiger partial charge in [0.05, 0.1) is 6.61 Å². The lowest BCUT2D eigenvalue weighted by molar-refractivity contribution is 0.0973. The highest BCUT2D eigenvalue weighted by Crippen LogP contribution is 2.21. The van der Waals surface area contributed by atoms with Crippen LogP contribution in [0.4, 0.5) is 0 Å². The molecule has 2 aromatic carbocycles. The third-order valence-corrected chi connectivity index (χ3v) is 4.07. The quantitative estimate of drug-likeness (QED) is 0.501. The molecule has 0 saturated carbocycles. The van der Waals surface area contributed by atoms with Gasteiger partial charge in [0.15, 0.2) is 5.78 Å². The number of carbonyl (C=O) groups is 1. The van der Waals surface area contributed by atoms with Crippen molar-refractivity contribution in [3.8, 4) is 5.75 Å². The summed E-state index contributed by atoms with van der Waals surface area (Å²) in [6.07, 6.45) is 1.17. The van der Waals surface area contributed by atoms with E-state index in [1.807, 2.05) is 49.4 Å². The Morgan fingerprint density at radius 2 is 1.90 bits per heavy atom. The summed E-state index contributed by atoms with van der Waals surface area (Å²) in [5.41, 5.74) is 1.72. The van der Waals surface area contributed by atoms with Crippen molar-refractivity contribution in [3.05, 3.63) is 63.1 Å². The minimum Gasteiger partial charge on any atom is -0.494 e. The minimum atomic E-state index is 0.137. The first-order valence-corrected chi connectivity index (χ1v) is 7.91. The average molecular weight is 368 g/mol. The molecule has 2 aromatic rings. The van der Waals surface area contributed by atoms with Crippen LogP contribution >= 0.6 is 27.5 Å². The predicted molar refractivity (Wildman–Crippen MR) is 89.4 cm³/mol. The van der Waals surface area contributed by atoms with E-state index in [-0.39, 0.29) is 5.78 Å². The SMILES string of the molecule is Cc1cc(OCCCC(=O)c2ccc(Br)cc2)ccc1Cl. The van der Waals surface area contributed by atoms with Crippen LogP contribution in [0, 0.1) is 6.92 Å². The summed E-state index contributed by atoms with van der Waals surface area (Å²) in [5, 5.41) is 0.729. The molecule has 0 aromatic heterocycles. The fourth-order valence-corrected chi connectivity index (χ4v) is 2.29. The Bertz CT molecular complexity index is 623. The third-order valence-electron chi connectivity index (χ3n) is 3.11. The van der Waals surface area contributed by atoms with Crippen molar-refractivity contribution in [2.75, 3.05) is 6.61 Å². The lowest BCUT2D eigenvalue weighted by atomic mass is 10.1. The molecular formula is C17H16BrClO2. The first-order chi connectivity index (χ1) is 10.1. The summed E-state index contributed by atoms with van der Waals surface area (Å²) in [6, 6.07) is 13.0. The van der Waals surface area contributed by atoms with Crippen LogP contribution < -0.4 is 4.74 Å². The zero-order valence-electron chi connectivity index (χ0n) is 11.7. The van der Waals surface area contributed by atoms with Crippen LogP contribution in [-0.4, -0.2) is 12.4 Å². The number of ether oxygens (including phenoxy) is 1. The molecule has 2 rings (SSSR count). The molecule has 0 aliphatic heterocycles. The first kappa shape index (κ1) is 16.1. The number of ketones is 1. The summed E-state index contributed by atoms with van der Waals surface area (Å²) < 4.78 is 6.60. The second-order valence-electron chi connectivity index (χ2n) is 4.79. The fraction of sp³-hybridized carbons (Fsp3) is 0.235. The Kier molecular flexibility index (Phi) is 5.83. The van der Waals surface area contributed by atoms with E-state index in [0.29, 0.717) is 19.4 Å². The fourth-order valence-electron chi connectivity index (χ4n) is 1.91. The zero-order chi connectivity index (χ0) is 15.2. The normalized spacial score (nSPS) is 10.4. The smallest absolute Gasteiger partial charge is 0.163 e. The summed E-state index contributed by atoms with van der Waals surface area (Å²) in [6.45, 7) is 2.45. The Morgan fingerprint density at radius 1 is 1.19 bits per heavy atom. The molecule has 0 unspecified atom stereocenters. The maximum absolute atomic E-state index is 12.0. The van der Waals surface area contributed by atoms with Gasteiger partial charge in [0.25, 0.3) is 0 Å². The maximum Gasteiger partial charge on any atom is 0.163 e. The molecule has 0 heterocycles. The van der Waals surface area contributed by atoms with Gasteiger partial charge < -0.3 is 4.74 Å². The molecule has 2 nitrogen and oxygen atoms in total. The lowest BCUT2D eigenvalue weighted by Gasteiger charge is -2.07. The maximum atomic E-state index is 12.0. The van der Waals surface area contributed by atoms with Crippen molar-refractivity contribution < 1.29 is 9.53 Å². The van der Waals surface area contributed by atoms with Crippen molar-refractivity contribution in [2.24, 2.45) is 0 Å². The third kappa shape index (κ3) is 4.87. The van der Waals surface area contributed by atoms with Gasteiger partial charge in [-0.3, -0.25) is 4.79 Å². The van der Waals surface area contributed by atoms with E-state index in [0.717, 1.165) is 26.4 Å². The van der Waals surface area contributed by atoms with E-state index < -0.39 is 0 Å². The summed E-state index contributed by atoms with van der Waals surface area (Å²) >= 11 is 9.31. The molecule has 0 spiro atoms. The highest BCUT2D eigenvalue weighted by Gasteiger charge is 2.05. The minimum absolute atomic E-state index is 0.137.